The molecule has 4 nitrogen and oxygen atoms in total. The van der Waals surface area contributed by atoms with Crippen LogP contribution in [0.15, 0.2) is 24.3 Å². The quantitative estimate of drug-likeness (QED) is 0.754. The summed E-state index contributed by atoms with van der Waals surface area (Å²) in [6.07, 6.45) is -0.0435. The molecule has 1 atom stereocenters. The number of hydrogen-bond donors (Lipinski definition) is 2. The zero-order valence-corrected chi connectivity index (χ0v) is 9.11. The van der Waals surface area contributed by atoms with Gasteiger partial charge in [-0.05, 0) is 18.1 Å². The number of hydrogen-bond acceptors (Lipinski definition) is 3. The zero-order chi connectivity index (χ0) is 11.4. The lowest BCUT2D eigenvalue weighted by Crippen LogP contribution is -2.01. The van der Waals surface area contributed by atoms with E-state index < -0.39 is 21.9 Å². The molecule has 5 heteroatoms. The zero-order valence-electron chi connectivity index (χ0n) is 8.21. The van der Waals surface area contributed by atoms with E-state index in [0.29, 0.717) is 11.1 Å². The number of aliphatic carboxylic acids is 1. The lowest BCUT2D eigenvalue weighted by molar-refractivity contribution is -0.136. The van der Waals surface area contributed by atoms with Gasteiger partial charge in [0.15, 0.2) is 0 Å². The molecule has 82 valence electrons. The average Bonchev–Trinajstić information content (AvgIpc) is 2.17. The fraction of sp³-hybridized carbons (Fsp3) is 0.300. The minimum atomic E-state index is -2.48. The van der Waals surface area contributed by atoms with Gasteiger partial charge < -0.3 is 5.11 Å². The van der Waals surface area contributed by atoms with Crippen molar-refractivity contribution in [2.24, 2.45) is 0 Å². The van der Waals surface area contributed by atoms with Gasteiger partial charge in [-0.3, -0.25) is 4.79 Å². The van der Waals surface area contributed by atoms with Gasteiger partial charge in [-0.15, -0.1) is 0 Å². The van der Waals surface area contributed by atoms with Crippen LogP contribution in [0, 0.1) is 0 Å². The predicted molar refractivity (Wildman–Crippen MR) is 56.5 cm³/mol. The van der Waals surface area contributed by atoms with Crippen LogP contribution in [-0.2, 0) is 21.9 Å². The third-order valence-electron chi connectivity index (χ3n) is 2.13. The first-order valence-electron chi connectivity index (χ1n) is 4.45. The highest BCUT2D eigenvalue weighted by atomic mass is 32.2. The molecule has 0 heterocycles. The Morgan fingerprint density at radius 1 is 1.33 bits per heavy atom. The summed E-state index contributed by atoms with van der Waals surface area (Å²) in [5.74, 6) is -0.898. The van der Waals surface area contributed by atoms with Gasteiger partial charge in [0.25, 0.3) is 0 Å². The Balaban J connectivity index is 2.85. The molecule has 0 aliphatic carbocycles. The molecule has 0 aliphatic rings. The van der Waals surface area contributed by atoms with Crippen LogP contribution in [-0.4, -0.2) is 19.5 Å². The van der Waals surface area contributed by atoms with Gasteiger partial charge >= 0.3 is 5.97 Å². The van der Waals surface area contributed by atoms with Crippen molar-refractivity contribution >= 4 is 16.7 Å². The summed E-state index contributed by atoms with van der Waals surface area (Å²) in [5, 5.41) is 8.01. The highest BCUT2D eigenvalue weighted by Crippen LogP contribution is 2.16. The van der Waals surface area contributed by atoms with Gasteiger partial charge in [0, 0.05) is 0 Å². The van der Waals surface area contributed by atoms with E-state index in [1.165, 1.54) is 0 Å². The van der Waals surface area contributed by atoms with E-state index >= 15 is 0 Å². The number of carboxylic acid groups (broad SMARTS) is 1. The van der Waals surface area contributed by atoms with Gasteiger partial charge in [-0.2, -0.15) is 0 Å². The summed E-state index contributed by atoms with van der Waals surface area (Å²) < 4.78 is 21.4. The van der Waals surface area contributed by atoms with Crippen molar-refractivity contribution in [1.82, 2.24) is 0 Å². The standard InChI is InChI=1S/C10H12O4S/c1-7(15(13)14)9-4-2-8(3-5-9)6-10(11)12/h2-5,7,15H,6H2,1H3,(H,11,12). The minimum absolute atomic E-state index is 0.0435. The van der Waals surface area contributed by atoms with Crippen molar-refractivity contribution in [3.63, 3.8) is 0 Å². The molecule has 0 radical (unpaired) electrons. The summed E-state index contributed by atoms with van der Waals surface area (Å²) in [7, 11) is -2.48. The highest BCUT2D eigenvalue weighted by Gasteiger charge is 2.07. The predicted octanol–water partition coefficient (Wildman–Crippen LogP) is 0.986. The van der Waals surface area contributed by atoms with Crippen LogP contribution in [0.5, 0.6) is 0 Å². The van der Waals surface area contributed by atoms with Gasteiger partial charge in [0.1, 0.15) is 10.7 Å². The van der Waals surface area contributed by atoms with E-state index in [-0.39, 0.29) is 6.42 Å². The topological polar surface area (TPSA) is 71.4 Å². The fourth-order valence-electron chi connectivity index (χ4n) is 1.21. The van der Waals surface area contributed by atoms with Crippen LogP contribution >= 0.6 is 0 Å². The van der Waals surface area contributed by atoms with Crippen LogP contribution in [0.3, 0.4) is 0 Å². The molecule has 0 saturated heterocycles. The molecule has 0 saturated carbocycles. The number of thiol groups is 1. The van der Waals surface area contributed by atoms with Gasteiger partial charge in [-0.25, -0.2) is 8.42 Å². The molecule has 1 unspecified atom stereocenters. The Morgan fingerprint density at radius 3 is 2.27 bits per heavy atom. The van der Waals surface area contributed by atoms with Crippen LogP contribution in [0.2, 0.25) is 0 Å². The first kappa shape index (κ1) is 11.7. The van der Waals surface area contributed by atoms with Crippen LogP contribution in [0.1, 0.15) is 23.3 Å². The van der Waals surface area contributed by atoms with E-state index in [4.69, 9.17) is 5.11 Å². The third-order valence-corrected chi connectivity index (χ3v) is 3.06. The summed E-state index contributed by atoms with van der Waals surface area (Å²) in [6, 6.07) is 6.57. The van der Waals surface area contributed by atoms with Crippen molar-refractivity contribution < 1.29 is 18.3 Å². The largest absolute Gasteiger partial charge is 0.481 e. The summed E-state index contributed by atoms with van der Waals surface area (Å²) in [6.45, 7) is 1.60. The van der Waals surface area contributed by atoms with Gasteiger partial charge in [0.05, 0.1) is 11.7 Å². The first-order chi connectivity index (χ1) is 7.00. The molecule has 0 amide bonds. The molecule has 1 rings (SSSR count). The lowest BCUT2D eigenvalue weighted by Gasteiger charge is -2.04. The molecule has 1 N–H and O–H groups in total. The summed E-state index contributed by atoms with van der Waals surface area (Å²) in [4.78, 5) is 10.4. The van der Waals surface area contributed by atoms with Gasteiger partial charge in [0.2, 0.25) is 0 Å². The van der Waals surface area contributed by atoms with E-state index in [9.17, 15) is 13.2 Å². The second kappa shape index (κ2) is 4.93. The maximum Gasteiger partial charge on any atom is 0.307 e. The third kappa shape index (κ3) is 3.36. The molecule has 15 heavy (non-hydrogen) atoms. The van der Waals surface area contributed by atoms with Crippen molar-refractivity contribution in [3.05, 3.63) is 35.4 Å². The summed E-state index contributed by atoms with van der Waals surface area (Å²) in [5.41, 5.74) is 1.35. The van der Waals surface area contributed by atoms with Crippen LogP contribution < -0.4 is 0 Å². The molecule has 1 aromatic rings. The summed E-state index contributed by atoms with van der Waals surface area (Å²) >= 11 is 0. The maximum atomic E-state index is 10.7. The van der Waals surface area contributed by atoms with Gasteiger partial charge in [-0.1, -0.05) is 24.3 Å². The Kier molecular flexibility index (Phi) is 3.85. The van der Waals surface area contributed by atoms with E-state index in [1.807, 2.05) is 0 Å². The van der Waals surface area contributed by atoms with Crippen molar-refractivity contribution in [1.29, 1.82) is 0 Å². The fourth-order valence-corrected chi connectivity index (χ4v) is 1.63. The molecule has 1 aromatic carbocycles. The molecular weight excluding hydrogens is 216 g/mol. The monoisotopic (exact) mass is 228 g/mol. The number of benzene rings is 1. The normalized spacial score (nSPS) is 12.7. The van der Waals surface area contributed by atoms with E-state index in [2.05, 4.69) is 0 Å². The van der Waals surface area contributed by atoms with Crippen LogP contribution in [0.4, 0.5) is 0 Å². The molecule has 0 aromatic heterocycles. The number of rotatable bonds is 4. The highest BCUT2D eigenvalue weighted by molar-refractivity contribution is 7.72. The number of carboxylic acids is 1. The van der Waals surface area contributed by atoms with Crippen molar-refractivity contribution in [2.75, 3.05) is 0 Å². The molecular formula is C10H12O4S. The Labute approximate surface area is 89.5 Å². The Bertz CT molecular complexity index is 412. The lowest BCUT2D eigenvalue weighted by atomic mass is 10.1. The second-order valence-corrected chi connectivity index (χ2v) is 4.62. The molecule has 0 bridgehead atoms. The average molecular weight is 228 g/mol. The number of carbonyl (C=O) groups is 1. The molecule has 0 spiro atoms. The SMILES string of the molecule is CC(c1ccc(CC(=O)O)cc1)[SH](=O)=O. The van der Waals surface area contributed by atoms with Crippen LogP contribution in [0.25, 0.3) is 0 Å². The van der Waals surface area contributed by atoms with Crippen molar-refractivity contribution in [2.45, 2.75) is 18.6 Å². The molecule has 0 aliphatic heterocycles. The Morgan fingerprint density at radius 2 is 1.87 bits per heavy atom. The van der Waals surface area contributed by atoms with E-state index in [1.54, 1.807) is 31.2 Å². The second-order valence-electron chi connectivity index (χ2n) is 3.27. The maximum absolute atomic E-state index is 10.7. The Hall–Kier alpha value is -1.36. The van der Waals surface area contributed by atoms with E-state index in [0.717, 1.165) is 0 Å². The minimum Gasteiger partial charge on any atom is -0.481 e. The smallest absolute Gasteiger partial charge is 0.307 e. The van der Waals surface area contributed by atoms with Crippen molar-refractivity contribution in [3.8, 4) is 0 Å². The first-order valence-corrected chi connectivity index (χ1v) is 5.69. The molecule has 0 fully saturated rings.